The highest BCUT2D eigenvalue weighted by Crippen LogP contribution is 2.49. The van der Waals surface area contributed by atoms with Gasteiger partial charge in [-0.1, -0.05) is 41.9 Å². The summed E-state index contributed by atoms with van der Waals surface area (Å²) in [6.45, 7) is 0. The van der Waals surface area contributed by atoms with E-state index in [-0.39, 0.29) is 11.9 Å². The third-order valence-electron chi connectivity index (χ3n) is 4.91. The van der Waals surface area contributed by atoms with E-state index in [4.69, 9.17) is 20.8 Å². The molecule has 3 nitrogen and oxygen atoms in total. The van der Waals surface area contributed by atoms with Gasteiger partial charge in [-0.05, 0) is 24.6 Å². The number of hydrogen-bond donors (Lipinski definition) is 0. The highest BCUT2D eigenvalue weighted by molar-refractivity contribution is 6.30. The molecular weight excluding hydrogens is 336 g/mol. The first-order chi connectivity index (χ1) is 12.2. The molecule has 0 spiro atoms. The first-order valence-corrected chi connectivity index (χ1v) is 8.80. The molecule has 25 heavy (non-hydrogen) atoms. The molecule has 3 aromatic rings. The molecule has 2 heterocycles. The van der Waals surface area contributed by atoms with Crippen LogP contribution in [0.15, 0.2) is 52.9 Å². The monoisotopic (exact) mass is 350 g/mol. The van der Waals surface area contributed by atoms with Crippen molar-refractivity contribution in [3.63, 3.8) is 0 Å². The largest absolute Gasteiger partial charge is 0.477 e. The van der Waals surface area contributed by atoms with Crippen LogP contribution in [-0.4, -0.2) is 5.78 Å². The lowest BCUT2D eigenvalue weighted by atomic mass is 9.87. The fourth-order valence-electron chi connectivity index (χ4n) is 3.77. The minimum absolute atomic E-state index is 0.165. The summed E-state index contributed by atoms with van der Waals surface area (Å²) in [4.78, 5) is 12.6. The van der Waals surface area contributed by atoms with E-state index in [0.717, 1.165) is 52.4 Å². The average Bonchev–Trinajstić information content (AvgIpc) is 3.03. The normalized spacial score (nSPS) is 18.1. The topological polar surface area (TPSA) is 39.4 Å². The van der Waals surface area contributed by atoms with Gasteiger partial charge in [-0.2, -0.15) is 0 Å². The standard InChI is InChI=1S/C21H15ClO3/c22-13-10-8-12(9-11-13)20-21-18(14-4-1-2-6-16(14)24-20)19-15(23)5-3-7-17(19)25-21/h1-2,4,6,8-11,20H,3,5,7H2. The molecule has 124 valence electrons. The zero-order chi connectivity index (χ0) is 17.0. The summed E-state index contributed by atoms with van der Waals surface area (Å²) in [7, 11) is 0. The Bertz CT molecular complexity index is 985. The van der Waals surface area contributed by atoms with Crippen LogP contribution in [0, 0.1) is 0 Å². The Morgan fingerprint density at radius 1 is 0.960 bits per heavy atom. The lowest BCUT2D eigenvalue weighted by molar-refractivity contribution is 0.0970. The van der Waals surface area contributed by atoms with Crippen molar-refractivity contribution in [3.05, 3.63) is 76.2 Å². The van der Waals surface area contributed by atoms with E-state index in [2.05, 4.69) is 0 Å². The Balaban J connectivity index is 1.77. The first-order valence-electron chi connectivity index (χ1n) is 8.42. The molecule has 5 rings (SSSR count). The summed E-state index contributed by atoms with van der Waals surface area (Å²) in [5, 5.41) is 0.675. The first kappa shape index (κ1) is 14.8. The van der Waals surface area contributed by atoms with Crippen LogP contribution < -0.4 is 4.74 Å². The SMILES string of the molecule is O=C1CCCc2oc3c(c21)-c1ccccc1OC3c1ccc(Cl)cc1. The molecule has 0 fully saturated rings. The van der Waals surface area contributed by atoms with E-state index < -0.39 is 0 Å². The number of halogens is 1. The van der Waals surface area contributed by atoms with Gasteiger partial charge in [0.15, 0.2) is 17.6 Å². The second-order valence-electron chi connectivity index (χ2n) is 6.46. The predicted molar refractivity (Wildman–Crippen MR) is 95.3 cm³/mol. The molecule has 1 atom stereocenters. The van der Waals surface area contributed by atoms with Gasteiger partial charge in [-0.3, -0.25) is 4.79 Å². The van der Waals surface area contributed by atoms with Crippen molar-refractivity contribution < 1.29 is 13.9 Å². The van der Waals surface area contributed by atoms with Crippen LogP contribution in [0.4, 0.5) is 0 Å². The van der Waals surface area contributed by atoms with Gasteiger partial charge in [0.1, 0.15) is 11.5 Å². The molecule has 0 bridgehead atoms. The maximum Gasteiger partial charge on any atom is 0.182 e. The van der Waals surface area contributed by atoms with Crippen molar-refractivity contribution in [1.82, 2.24) is 0 Å². The smallest absolute Gasteiger partial charge is 0.182 e. The molecule has 0 saturated carbocycles. The average molecular weight is 351 g/mol. The van der Waals surface area contributed by atoms with Crippen LogP contribution in [-0.2, 0) is 6.42 Å². The molecule has 2 aliphatic rings. The maximum absolute atomic E-state index is 12.6. The molecule has 0 saturated heterocycles. The van der Waals surface area contributed by atoms with Crippen LogP contribution in [0.2, 0.25) is 5.02 Å². The molecule has 1 aliphatic heterocycles. The Labute approximate surface area is 150 Å². The lowest BCUT2D eigenvalue weighted by Gasteiger charge is -2.26. The number of Topliss-reactive ketones (excluding diaryl/α,β-unsaturated/α-hetero) is 1. The van der Waals surface area contributed by atoms with Gasteiger partial charge >= 0.3 is 0 Å². The number of para-hydroxylation sites is 1. The predicted octanol–water partition coefficient (Wildman–Crippen LogP) is 5.60. The number of carbonyl (C=O) groups is 1. The van der Waals surface area contributed by atoms with Crippen LogP contribution in [0.1, 0.15) is 46.4 Å². The number of furan rings is 1. The number of aryl methyl sites for hydroxylation is 1. The van der Waals surface area contributed by atoms with E-state index in [1.54, 1.807) is 0 Å². The van der Waals surface area contributed by atoms with Crippen molar-refractivity contribution in [2.45, 2.75) is 25.4 Å². The van der Waals surface area contributed by atoms with Gasteiger partial charge in [-0.25, -0.2) is 0 Å². The van der Waals surface area contributed by atoms with Crippen molar-refractivity contribution in [2.24, 2.45) is 0 Å². The van der Waals surface area contributed by atoms with E-state index in [0.29, 0.717) is 11.4 Å². The van der Waals surface area contributed by atoms with Crippen LogP contribution in [0.25, 0.3) is 11.1 Å². The Morgan fingerprint density at radius 3 is 2.60 bits per heavy atom. The summed E-state index contributed by atoms with van der Waals surface area (Å²) < 4.78 is 12.4. The molecule has 4 heteroatoms. The second kappa shape index (κ2) is 5.50. The third-order valence-corrected chi connectivity index (χ3v) is 5.16. The summed E-state index contributed by atoms with van der Waals surface area (Å²) >= 11 is 6.02. The second-order valence-corrected chi connectivity index (χ2v) is 6.90. The molecule has 1 aromatic heterocycles. The highest BCUT2D eigenvalue weighted by atomic mass is 35.5. The molecule has 0 amide bonds. The number of ketones is 1. The van der Waals surface area contributed by atoms with E-state index in [9.17, 15) is 4.79 Å². The van der Waals surface area contributed by atoms with Gasteiger partial charge in [0.2, 0.25) is 0 Å². The molecular formula is C21H15ClO3. The van der Waals surface area contributed by atoms with Crippen molar-refractivity contribution in [3.8, 4) is 16.9 Å². The van der Waals surface area contributed by atoms with E-state index in [1.165, 1.54) is 0 Å². The number of fused-ring (bicyclic) bond motifs is 5. The molecule has 2 aromatic carbocycles. The fraction of sp³-hybridized carbons (Fsp3) is 0.190. The minimum Gasteiger partial charge on any atom is -0.477 e. The molecule has 0 radical (unpaired) electrons. The van der Waals surface area contributed by atoms with Crippen molar-refractivity contribution in [2.75, 3.05) is 0 Å². The zero-order valence-corrected chi connectivity index (χ0v) is 14.2. The summed E-state index contributed by atoms with van der Waals surface area (Å²) in [6.07, 6.45) is 1.84. The molecule has 1 aliphatic carbocycles. The maximum atomic E-state index is 12.6. The molecule has 1 unspecified atom stereocenters. The third kappa shape index (κ3) is 2.23. The highest BCUT2D eigenvalue weighted by Gasteiger charge is 2.37. The van der Waals surface area contributed by atoms with Crippen molar-refractivity contribution in [1.29, 1.82) is 0 Å². The number of rotatable bonds is 1. The Morgan fingerprint density at radius 2 is 1.76 bits per heavy atom. The summed E-state index contributed by atoms with van der Waals surface area (Å²) in [5.74, 6) is 2.46. The van der Waals surface area contributed by atoms with Gasteiger partial charge in [-0.15, -0.1) is 0 Å². The Kier molecular flexibility index (Phi) is 3.25. The van der Waals surface area contributed by atoms with Gasteiger partial charge in [0.25, 0.3) is 0 Å². The van der Waals surface area contributed by atoms with Crippen LogP contribution >= 0.6 is 11.6 Å². The Hall–Kier alpha value is -2.52. The quantitative estimate of drug-likeness (QED) is 0.573. The van der Waals surface area contributed by atoms with E-state index in [1.807, 2.05) is 48.5 Å². The van der Waals surface area contributed by atoms with Crippen LogP contribution in [0.5, 0.6) is 5.75 Å². The lowest BCUT2D eigenvalue weighted by Crippen LogP contribution is -2.15. The number of carbonyl (C=O) groups excluding carboxylic acids is 1. The minimum atomic E-state index is -0.374. The number of hydrogen-bond acceptors (Lipinski definition) is 3. The summed E-state index contributed by atoms with van der Waals surface area (Å²) in [6, 6.07) is 15.4. The van der Waals surface area contributed by atoms with Crippen LogP contribution in [0.3, 0.4) is 0 Å². The van der Waals surface area contributed by atoms with Crippen molar-refractivity contribution >= 4 is 17.4 Å². The van der Waals surface area contributed by atoms with Gasteiger partial charge in [0.05, 0.1) is 5.56 Å². The number of ether oxygens (including phenoxy) is 1. The summed E-state index contributed by atoms with van der Waals surface area (Å²) in [5.41, 5.74) is 3.54. The number of benzene rings is 2. The van der Waals surface area contributed by atoms with E-state index >= 15 is 0 Å². The zero-order valence-electron chi connectivity index (χ0n) is 13.4. The molecule has 0 N–H and O–H groups in total. The fourth-order valence-corrected chi connectivity index (χ4v) is 3.89. The van der Waals surface area contributed by atoms with Gasteiger partial charge < -0.3 is 9.15 Å². The van der Waals surface area contributed by atoms with Gasteiger partial charge in [0, 0.05) is 34.6 Å².